The maximum atomic E-state index is 13.2. The molecule has 176 valence electrons. The zero-order valence-corrected chi connectivity index (χ0v) is 19.6. The van der Waals surface area contributed by atoms with Crippen molar-refractivity contribution in [1.29, 1.82) is 0 Å². The molecule has 0 spiro atoms. The maximum Gasteiger partial charge on any atom is 0.256 e. The third-order valence-corrected chi connectivity index (χ3v) is 7.60. The van der Waals surface area contributed by atoms with Crippen molar-refractivity contribution < 1.29 is 18.0 Å². The van der Waals surface area contributed by atoms with Gasteiger partial charge in [-0.15, -0.1) is 0 Å². The minimum atomic E-state index is -3.47. The molecule has 1 fully saturated rings. The molecule has 1 aliphatic heterocycles. The van der Waals surface area contributed by atoms with Gasteiger partial charge in [0.05, 0.1) is 23.4 Å². The fraction of sp³-hybridized carbons (Fsp3) is 0.231. The van der Waals surface area contributed by atoms with Gasteiger partial charge in [0.15, 0.2) is 0 Å². The Morgan fingerprint density at radius 3 is 1.94 bits per heavy atom. The maximum absolute atomic E-state index is 13.2. The first-order chi connectivity index (χ1) is 16.4. The Labute approximate surface area is 200 Å². The lowest BCUT2D eigenvalue weighted by molar-refractivity contribution is -0.115. The standard InChI is InChI=1S/C26H27N3O4S/c30-25(19-21-9-3-1-4-10-21)27-24-14-8-7-13-23(24)26(31)28-15-17-29(18-16-28)34(32,33)20-22-11-5-2-6-12-22/h1-14H,15-20H2,(H,27,30). The molecule has 34 heavy (non-hydrogen) atoms. The van der Waals surface area contributed by atoms with E-state index in [0.717, 1.165) is 11.1 Å². The fourth-order valence-corrected chi connectivity index (χ4v) is 5.49. The van der Waals surface area contributed by atoms with Crippen molar-refractivity contribution in [2.24, 2.45) is 0 Å². The second-order valence-electron chi connectivity index (χ2n) is 8.19. The van der Waals surface area contributed by atoms with E-state index < -0.39 is 10.0 Å². The van der Waals surface area contributed by atoms with Gasteiger partial charge in [0.1, 0.15) is 0 Å². The lowest BCUT2D eigenvalue weighted by Gasteiger charge is -2.34. The van der Waals surface area contributed by atoms with Crippen LogP contribution in [-0.2, 0) is 27.0 Å². The third kappa shape index (κ3) is 5.89. The molecule has 3 aromatic carbocycles. The van der Waals surface area contributed by atoms with Crippen LogP contribution in [0.15, 0.2) is 84.9 Å². The van der Waals surface area contributed by atoms with Gasteiger partial charge < -0.3 is 10.2 Å². The molecule has 0 atom stereocenters. The average Bonchev–Trinajstić information content (AvgIpc) is 2.85. The summed E-state index contributed by atoms with van der Waals surface area (Å²) in [5.41, 5.74) is 2.47. The highest BCUT2D eigenvalue weighted by Crippen LogP contribution is 2.20. The van der Waals surface area contributed by atoms with E-state index in [0.29, 0.717) is 24.3 Å². The smallest absolute Gasteiger partial charge is 0.256 e. The summed E-state index contributed by atoms with van der Waals surface area (Å²) in [7, 11) is -3.47. The lowest BCUT2D eigenvalue weighted by atomic mass is 10.1. The number of carbonyl (C=O) groups excluding carboxylic acids is 2. The quantitative estimate of drug-likeness (QED) is 0.566. The van der Waals surface area contributed by atoms with Crippen molar-refractivity contribution in [1.82, 2.24) is 9.21 Å². The number of piperazine rings is 1. The molecule has 1 saturated heterocycles. The first-order valence-corrected chi connectivity index (χ1v) is 12.8. The van der Waals surface area contributed by atoms with Crippen LogP contribution < -0.4 is 5.32 Å². The van der Waals surface area contributed by atoms with Gasteiger partial charge >= 0.3 is 0 Å². The monoisotopic (exact) mass is 477 g/mol. The minimum Gasteiger partial charge on any atom is -0.336 e. The molecule has 7 nitrogen and oxygen atoms in total. The van der Waals surface area contributed by atoms with Crippen LogP contribution in [0.1, 0.15) is 21.5 Å². The molecule has 0 saturated carbocycles. The van der Waals surface area contributed by atoms with Gasteiger partial charge in [-0.2, -0.15) is 4.31 Å². The third-order valence-electron chi connectivity index (χ3n) is 5.75. The second-order valence-corrected chi connectivity index (χ2v) is 10.2. The molecule has 0 bridgehead atoms. The van der Waals surface area contributed by atoms with Crippen LogP contribution in [0.2, 0.25) is 0 Å². The Bertz CT molecular complexity index is 1240. The van der Waals surface area contributed by atoms with Gasteiger partial charge in [0, 0.05) is 26.2 Å². The number of sulfonamides is 1. The van der Waals surface area contributed by atoms with Crippen LogP contribution in [0.25, 0.3) is 0 Å². The van der Waals surface area contributed by atoms with Crippen LogP contribution in [0, 0.1) is 0 Å². The van der Waals surface area contributed by atoms with Gasteiger partial charge in [-0.3, -0.25) is 9.59 Å². The highest BCUT2D eigenvalue weighted by molar-refractivity contribution is 7.88. The topological polar surface area (TPSA) is 86.8 Å². The molecule has 2 amide bonds. The zero-order chi connectivity index (χ0) is 24.0. The summed E-state index contributed by atoms with van der Waals surface area (Å²) in [5.74, 6) is -0.489. The van der Waals surface area contributed by atoms with Crippen LogP contribution >= 0.6 is 0 Å². The van der Waals surface area contributed by atoms with E-state index in [1.165, 1.54) is 4.31 Å². The Morgan fingerprint density at radius 2 is 1.29 bits per heavy atom. The van der Waals surface area contributed by atoms with E-state index >= 15 is 0 Å². The van der Waals surface area contributed by atoms with Crippen molar-refractivity contribution in [3.05, 3.63) is 102 Å². The average molecular weight is 478 g/mol. The largest absolute Gasteiger partial charge is 0.336 e. The van der Waals surface area contributed by atoms with Gasteiger partial charge in [-0.1, -0.05) is 72.8 Å². The van der Waals surface area contributed by atoms with E-state index in [-0.39, 0.29) is 37.1 Å². The summed E-state index contributed by atoms with van der Waals surface area (Å²) >= 11 is 0. The number of carbonyl (C=O) groups is 2. The van der Waals surface area contributed by atoms with Gasteiger partial charge in [0.25, 0.3) is 5.91 Å². The Kier molecular flexibility index (Phi) is 7.40. The van der Waals surface area contributed by atoms with Crippen molar-refractivity contribution >= 4 is 27.5 Å². The lowest BCUT2D eigenvalue weighted by Crippen LogP contribution is -2.50. The molecule has 0 aromatic heterocycles. The second kappa shape index (κ2) is 10.6. The molecule has 1 N–H and O–H groups in total. The van der Waals surface area contributed by atoms with Crippen LogP contribution in [0.3, 0.4) is 0 Å². The number of benzene rings is 3. The van der Waals surface area contributed by atoms with Crippen molar-refractivity contribution in [3.8, 4) is 0 Å². The molecule has 0 aliphatic carbocycles. The number of hydrogen-bond acceptors (Lipinski definition) is 4. The molecule has 3 aromatic rings. The number of anilines is 1. The summed E-state index contributed by atoms with van der Waals surface area (Å²) in [4.78, 5) is 27.4. The molecule has 0 radical (unpaired) electrons. The Morgan fingerprint density at radius 1 is 0.735 bits per heavy atom. The van der Waals surface area contributed by atoms with Gasteiger partial charge in [0.2, 0.25) is 15.9 Å². The number of para-hydroxylation sites is 1. The molecule has 4 rings (SSSR count). The predicted octanol–water partition coefficient (Wildman–Crippen LogP) is 3.16. The summed E-state index contributed by atoms with van der Waals surface area (Å²) < 4.78 is 27.0. The highest BCUT2D eigenvalue weighted by atomic mass is 32.2. The van der Waals surface area contributed by atoms with E-state index in [2.05, 4.69) is 5.32 Å². The van der Waals surface area contributed by atoms with Gasteiger partial charge in [-0.05, 0) is 23.3 Å². The molecule has 1 heterocycles. The highest BCUT2D eigenvalue weighted by Gasteiger charge is 2.30. The summed E-state index contributed by atoms with van der Waals surface area (Å²) in [6.07, 6.45) is 0.210. The number of amides is 2. The minimum absolute atomic E-state index is 0.0575. The zero-order valence-electron chi connectivity index (χ0n) is 18.8. The van der Waals surface area contributed by atoms with Crippen LogP contribution in [-0.4, -0.2) is 55.6 Å². The van der Waals surface area contributed by atoms with Crippen LogP contribution in [0.4, 0.5) is 5.69 Å². The number of hydrogen-bond donors (Lipinski definition) is 1. The van der Waals surface area contributed by atoms with Crippen molar-refractivity contribution in [2.75, 3.05) is 31.5 Å². The fourth-order valence-electron chi connectivity index (χ4n) is 3.97. The molecular weight excluding hydrogens is 450 g/mol. The SMILES string of the molecule is O=C(Cc1ccccc1)Nc1ccccc1C(=O)N1CCN(S(=O)(=O)Cc2ccccc2)CC1. The van der Waals surface area contributed by atoms with Crippen molar-refractivity contribution in [2.45, 2.75) is 12.2 Å². The van der Waals surface area contributed by atoms with E-state index in [1.807, 2.05) is 48.5 Å². The number of nitrogens with one attached hydrogen (secondary N) is 1. The molecule has 8 heteroatoms. The first kappa shape index (κ1) is 23.7. The van der Waals surface area contributed by atoms with E-state index in [9.17, 15) is 18.0 Å². The predicted molar refractivity (Wildman–Crippen MR) is 132 cm³/mol. The summed E-state index contributed by atoms with van der Waals surface area (Å²) in [5, 5.41) is 2.85. The van der Waals surface area contributed by atoms with Crippen LogP contribution in [0.5, 0.6) is 0 Å². The molecular formula is C26H27N3O4S. The summed E-state index contributed by atoms with van der Waals surface area (Å²) in [6, 6.07) is 25.4. The van der Waals surface area contributed by atoms with E-state index in [4.69, 9.17) is 0 Å². The Balaban J connectivity index is 1.38. The normalized spacial score (nSPS) is 14.5. The van der Waals surface area contributed by atoms with Crippen molar-refractivity contribution in [3.63, 3.8) is 0 Å². The first-order valence-electron chi connectivity index (χ1n) is 11.2. The number of rotatable bonds is 7. The van der Waals surface area contributed by atoms with Gasteiger partial charge in [-0.25, -0.2) is 8.42 Å². The summed E-state index contributed by atoms with van der Waals surface area (Å²) in [6.45, 7) is 1.06. The molecule has 1 aliphatic rings. The Hall–Kier alpha value is -3.49. The molecule has 0 unspecified atom stereocenters. The van der Waals surface area contributed by atoms with E-state index in [1.54, 1.807) is 41.3 Å². The number of nitrogens with zero attached hydrogens (tertiary/aromatic N) is 2.